The molecule has 2 N–H and O–H groups in total. The van der Waals surface area contributed by atoms with Crippen LogP contribution in [0, 0.1) is 11.7 Å². The molecule has 2 heterocycles. The molecule has 0 radical (unpaired) electrons. The highest BCUT2D eigenvalue weighted by Gasteiger charge is 2.36. The zero-order chi connectivity index (χ0) is 29.1. The molecule has 41 heavy (non-hydrogen) atoms. The van der Waals surface area contributed by atoms with Crippen LogP contribution in [0.4, 0.5) is 14.5 Å². The molecule has 1 saturated heterocycles. The first-order chi connectivity index (χ1) is 19.7. The number of fused-ring (bicyclic) bond motifs is 1. The summed E-state index contributed by atoms with van der Waals surface area (Å²) in [6.07, 6.45) is 2.18. The summed E-state index contributed by atoms with van der Waals surface area (Å²) in [4.78, 5) is 42.8. The number of benzene rings is 2. The molecule has 3 aromatic rings. The lowest BCUT2D eigenvalue weighted by Crippen LogP contribution is -2.40. The van der Waals surface area contributed by atoms with Crippen LogP contribution in [0.15, 0.2) is 48.7 Å². The summed E-state index contributed by atoms with van der Waals surface area (Å²) in [6, 6.07) is 10.9. The van der Waals surface area contributed by atoms with Crippen LogP contribution >= 0.6 is 11.6 Å². The fourth-order valence-corrected chi connectivity index (χ4v) is 5.85. The van der Waals surface area contributed by atoms with Gasteiger partial charge >= 0.3 is 5.97 Å². The van der Waals surface area contributed by atoms with Crippen molar-refractivity contribution < 1.29 is 33.0 Å². The van der Waals surface area contributed by atoms with E-state index in [1.165, 1.54) is 17.2 Å². The zero-order valence-electron chi connectivity index (χ0n) is 22.2. The van der Waals surface area contributed by atoms with Gasteiger partial charge in [-0.3, -0.25) is 19.4 Å². The van der Waals surface area contributed by atoms with Crippen molar-refractivity contribution in [1.82, 2.24) is 9.88 Å². The van der Waals surface area contributed by atoms with Crippen LogP contribution in [0.1, 0.15) is 48.2 Å². The lowest BCUT2D eigenvalue weighted by molar-refractivity contribution is -0.144. The first-order valence-corrected chi connectivity index (χ1v) is 14.0. The molecule has 5 rings (SSSR count). The summed E-state index contributed by atoms with van der Waals surface area (Å²) >= 11 is 6.37. The summed E-state index contributed by atoms with van der Waals surface area (Å²) in [5.41, 5.74) is 0.223. The number of nitrogens with one attached hydrogen (secondary N) is 1. The molecule has 8 nitrogen and oxygen atoms in total. The van der Waals surface area contributed by atoms with Gasteiger partial charge in [0.1, 0.15) is 17.7 Å². The second-order valence-corrected chi connectivity index (χ2v) is 11.0. The lowest BCUT2D eigenvalue weighted by Gasteiger charge is -2.30. The summed E-state index contributed by atoms with van der Waals surface area (Å²) in [5, 5.41) is 13.3. The Morgan fingerprint density at radius 3 is 2.63 bits per heavy atom. The number of halogens is 3. The number of anilines is 1. The van der Waals surface area contributed by atoms with E-state index >= 15 is 4.39 Å². The number of aromatic nitrogens is 1. The molecule has 11 heteroatoms. The number of aliphatic carboxylic acids is 1. The number of alkyl halides is 1. The van der Waals surface area contributed by atoms with E-state index in [2.05, 4.69) is 10.3 Å². The standard InChI is InChI=1S/C30H30ClF2N3O5/c31-24-11-19(25(33)14-26(24)35-29(38)28-23-4-2-1-3-17(23)9-10-34-28)12-27(37)36-15-20(32)13-21(36)16-41-22-7-5-18(6-8-22)30(39)40/h1-4,9-11,14,18,20-22H,5-8,12-13,15-16H2,(H,35,38)(H,39,40)/t18?,20-,21-,22?/m0/s1. The minimum Gasteiger partial charge on any atom is -0.481 e. The minimum absolute atomic E-state index is 0.0234. The fraction of sp³-hybridized carbons (Fsp3) is 0.400. The SMILES string of the molecule is O=C(Nc1cc(F)c(CC(=O)N2C[C@@H](F)C[C@H]2COC2CCC(C(=O)O)CC2)cc1Cl)c1nccc2ccccc12. The van der Waals surface area contributed by atoms with Crippen LogP contribution in [0.25, 0.3) is 10.8 Å². The number of hydrogen-bond acceptors (Lipinski definition) is 5. The van der Waals surface area contributed by atoms with Gasteiger partial charge in [-0.1, -0.05) is 35.9 Å². The molecule has 2 amide bonds. The molecule has 1 saturated carbocycles. The van der Waals surface area contributed by atoms with Crippen LogP contribution in [0.5, 0.6) is 0 Å². The number of pyridine rings is 1. The smallest absolute Gasteiger partial charge is 0.306 e. The summed E-state index contributed by atoms with van der Waals surface area (Å²) in [6.45, 7) is 0.0190. The third kappa shape index (κ3) is 6.65. The lowest BCUT2D eigenvalue weighted by atomic mass is 9.87. The van der Waals surface area contributed by atoms with E-state index < -0.39 is 35.8 Å². The average molecular weight is 586 g/mol. The molecule has 2 aliphatic rings. The van der Waals surface area contributed by atoms with Gasteiger partial charge in [-0.05, 0) is 54.8 Å². The van der Waals surface area contributed by atoms with Gasteiger partial charge < -0.3 is 20.1 Å². The van der Waals surface area contributed by atoms with E-state index in [0.29, 0.717) is 31.1 Å². The topological polar surface area (TPSA) is 109 Å². The number of carbonyl (C=O) groups is 3. The Morgan fingerprint density at radius 1 is 1.12 bits per heavy atom. The Morgan fingerprint density at radius 2 is 1.88 bits per heavy atom. The molecule has 2 atom stereocenters. The number of amides is 2. The Hall–Kier alpha value is -3.63. The minimum atomic E-state index is -1.22. The normalized spacial score (nSPS) is 22.6. The molecule has 0 bridgehead atoms. The molecule has 1 aliphatic carbocycles. The largest absolute Gasteiger partial charge is 0.481 e. The van der Waals surface area contributed by atoms with Gasteiger partial charge in [0, 0.05) is 18.0 Å². The van der Waals surface area contributed by atoms with Crippen molar-refractivity contribution >= 4 is 45.8 Å². The maximum atomic E-state index is 15.1. The van der Waals surface area contributed by atoms with Gasteiger partial charge in [-0.15, -0.1) is 0 Å². The number of ether oxygens (including phenoxy) is 1. The molecule has 0 unspecified atom stereocenters. The van der Waals surface area contributed by atoms with Gasteiger partial charge in [0.15, 0.2) is 0 Å². The van der Waals surface area contributed by atoms with Crippen molar-refractivity contribution in [2.24, 2.45) is 5.92 Å². The van der Waals surface area contributed by atoms with Gasteiger partial charge in [0.2, 0.25) is 5.91 Å². The molecule has 2 aromatic carbocycles. The van der Waals surface area contributed by atoms with Crippen molar-refractivity contribution in [2.75, 3.05) is 18.5 Å². The number of nitrogens with zero attached hydrogens (tertiary/aromatic N) is 2. The molecular weight excluding hydrogens is 556 g/mol. The number of carboxylic acid groups (broad SMARTS) is 1. The van der Waals surface area contributed by atoms with Crippen LogP contribution in [0.3, 0.4) is 0 Å². The average Bonchev–Trinajstić information content (AvgIpc) is 3.34. The van der Waals surface area contributed by atoms with Crippen molar-refractivity contribution in [1.29, 1.82) is 0 Å². The summed E-state index contributed by atoms with van der Waals surface area (Å²) in [7, 11) is 0. The van der Waals surface area contributed by atoms with Gasteiger partial charge in [-0.2, -0.15) is 0 Å². The maximum Gasteiger partial charge on any atom is 0.306 e. The van der Waals surface area contributed by atoms with E-state index in [0.717, 1.165) is 11.5 Å². The summed E-state index contributed by atoms with van der Waals surface area (Å²) < 4.78 is 35.4. The highest BCUT2D eigenvalue weighted by molar-refractivity contribution is 6.34. The monoisotopic (exact) mass is 585 g/mol. The first-order valence-electron chi connectivity index (χ1n) is 13.6. The van der Waals surface area contributed by atoms with Crippen molar-refractivity contribution in [3.05, 3.63) is 70.8 Å². The number of carboxylic acids is 1. The van der Waals surface area contributed by atoms with Gasteiger partial charge in [0.25, 0.3) is 5.91 Å². The van der Waals surface area contributed by atoms with Crippen LogP contribution in [-0.4, -0.2) is 64.2 Å². The van der Waals surface area contributed by atoms with Crippen molar-refractivity contribution in [3.63, 3.8) is 0 Å². The number of carbonyl (C=O) groups excluding carboxylic acids is 2. The molecular formula is C30H30ClF2N3O5. The predicted octanol–water partition coefficient (Wildman–Crippen LogP) is 5.42. The number of likely N-dealkylation sites (tertiary alicyclic amines) is 1. The zero-order valence-corrected chi connectivity index (χ0v) is 22.9. The van der Waals surface area contributed by atoms with Crippen molar-refractivity contribution in [2.45, 2.75) is 56.8 Å². The van der Waals surface area contributed by atoms with Gasteiger partial charge in [0.05, 0.1) is 48.3 Å². The van der Waals surface area contributed by atoms with Gasteiger partial charge in [-0.25, -0.2) is 8.78 Å². The van der Waals surface area contributed by atoms with Crippen LogP contribution in [-0.2, 0) is 20.7 Å². The highest BCUT2D eigenvalue weighted by atomic mass is 35.5. The third-order valence-electron chi connectivity index (χ3n) is 7.85. The van der Waals surface area contributed by atoms with E-state index in [9.17, 15) is 18.8 Å². The summed E-state index contributed by atoms with van der Waals surface area (Å²) in [5.74, 6) is -2.92. The Balaban J connectivity index is 1.22. The van der Waals surface area contributed by atoms with E-state index in [4.69, 9.17) is 21.4 Å². The molecule has 1 aromatic heterocycles. The second kappa shape index (κ2) is 12.5. The van der Waals surface area contributed by atoms with Crippen LogP contribution < -0.4 is 5.32 Å². The van der Waals surface area contributed by atoms with Crippen LogP contribution in [0.2, 0.25) is 5.02 Å². The predicted molar refractivity (Wildman–Crippen MR) is 149 cm³/mol. The Kier molecular flexibility index (Phi) is 8.79. The molecule has 1 aliphatic heterocycles. The second-order valence-electron chi connectivity index (χ2n) is 10.6. The molecule has 0 spiro atoms. The molecule has 216 valence electrons. The maximum absolute atomic E-state index is 15.1. The van der Waals surface area contributed by atoms with E-state index in [1.807, 2.05) is 12.1 Å². The first kappa shape index (κ1) is 28.9. The van der Waals surface area contributed by atoms with E-state index in [1.54, 1.807) is 18.2 Å². The van der Waals surface area contributed by atoms with Crippen molar-refractivity contribution in [3.8, 4) is 0 Å². The van der Waals surface area contributed by atoms with E-state index in [-0.39, 0.29) is 60.0 Å². The number of rotatable bonds is 8. The Labute approximate surface area is 240 Å². The highest BCUT2D eigenvalue weighted by Crippen LogP contribution is 2.30. The number of hydrogen-bond donors (Lipinski definition) is 2. The fourth-order valence-electron chi connectivity index (χ4n) is 5.61. The molecule has 2 fully saturated rings. The third-order valence-corrected chi connectivity index (χ3v) is 8.16. The quantitative estimate of drug-likeness (QED) is 0.365. The Bertz CT molecular complexity index is 1460.